The summed E-state index contributed by atoms with van der Waals surface area (Å²) < 4.78 is 41.1. The summed E-state index contributed by atoms with van der Waals surface area (Å²) >= 11 is 3.22. The van der Waals surface area contributed by atoms with Gasteiger partial charge in [0.2, 0.25) is 15.9 Å². The van der Waals surface area contributed by atoms with Crippen LogP contribution in [-0.4, -0.2) is 19.5 Å². The summed E-state index contributed by atoms with van der Waals surface area (Å²) in [7, 11) is -3.91. The van der Waals surface area contributed by atoms with Crippen LogP contribution in [0.3, 0.4) is 0 Å². The Morgan fingerprint density at radius 1 is 1.12 bits per heavy atom. The maximum atomic E-state index is 13.1. The number of rotatable bonds is 6. The number of carbonyl (C=O) groups is 1. The molecule has 2 rings (SSSR count). The Morgan fingerprint density at radius 2 is 1.71 bits per heavy atom. The molecule has 0 aliphatic heterocycles. The van der Waals surface area contributed by atoms with E-state index in [1.165, 1.54) is 29.7 Å². The Morgan fingerprint density at radius 3 is 2.25 bits per heavy atom. The van der Waals surface area contributed by atoms with Gasteiger partial charge < -0.3 is 0 Å². The lowest BCUT2D eigenvalue weighted by atomic mass is 10.0. The van der Waals surface area contributed by atoms with E-state index in [1.807, 2.05) is 0 Å². The molecule has 3 N–H and O–H groups in total. The second-order valence-corrected chi connectivity index (χ2v) is 7.55. The fraction of sp³-hybridized carbons (Fsp3) is 0.133. The first-order valence-corrected chi connectivity index (χ1v) is 9.06. The molecule has 2 aromatic rings. The third-order valence-electron chi connectivity index (χ3n) is 3.21. The van der Waals surface area contributed by atoms with E-state index in [-0.39, 0.29) is 11.3 Å². The van der Waals surface area contributed by atoms with Gasteiger partial charge in [0.15, 0.2) is 0 Å². The molecule has 2 aromatic carbocycles. The van der Waals surface area contributed by atoms with Gasteiger partial charge in [-0.3, -0.25) is 10.0 Å². The Hall–Kier alpha value is -1.81. The van der Waals surface area contributed by atoms with Gasteiger partial charge in [-0.15, -0.1) is 0 Å². The number of nitrogens with one attached hydrogen (secondary N) is 2. The number of halogens is 2. The number of hydroxylamine groups is 1. The molecule has 0 aliphatic carbocycles. The first-order valence-electron chi connectivity index (χ1n) is 6.78. The average Bonchev–Trinajstić information content (AvgIpc) is 2.55. The maximum Gasteiger partial charge on any atom is 0.245 e. The molecule has 6 nitrogen and oxygen atoms in total. The molecule has 0 aromatic heterocycles. The predicted molar refractivity (Wildman–Crippen MR) is 88.2 cm³/mol. The lowest BCUT2D eigenvalue weighted by Gasteiger charge is -2.18. The lowest BCUT2D eigenvalue weighted by Crippen LogP contribution is -2.33. The van der Waals surface area contributed by atoms with Crippen LogP contribution < -0.4 is 10.2 Å². The Kier molecular flexibility index (Phi) is 6.05. The van der Waals surface area contributed by atoms with Crippen molar-refractivity contribution in [2.75, 3.05) is 0 Å². The zero-order chi connectivity index (χ0) is 17.7. The van der Waals surface area contributed by atoms with Crippen molar-refractivity contribution in [1.82, 2.24) is 10.2 Å². The van der Waals surface area contributed by atoms with Gasteiger partial charge in [-0.2, -0.15) is 0 Å². The highest BCUT2D eigenvalue weighted by molar-refractivity contribution is 9.10. The number of carbonyl (C=O) groups excluding carboxylic acids is 1. The van der Waals surface area contributed by atoms with Crippen molar-refractivity contribution in [1.29, 1.82) is 0 Å². The highest BCUT2D eigenvalue weighted by Gasteiger charge is 2.23. The van der Waals surface area contributed by atoms with Gasteiger partial charge in [0.25, 0.3) is 0 Å². The summed E-state index contributed by atoms with van der Waals surface area (Å²) in [5.74, 6) is -1.26. The van der Waals surface area contributed by atoms with E-state index in [9.17, 15) is 17.6 Å². The number of benzene rings is 2. The molecule has 128 valence electrons. The zero-order valence-electron chi connectivity index (χ0n) is 12.2. The molecule has 0 aliphatic rings. The minimum Gasteiger partial charge on any atom is -0.289 e. The van der Waals surface area contributed by atoms with Gasteiger partial charge in [0.1, 0.15) is 5.82 Å². The molecule has 0 radical (unpaired) electrons. The molecule has 1 amide bonds. The molecule has 9 heteroatoms. The summed E-state index contributed by atoms with van der Waals surface area (Å²) in [6.07, 6.45) is -0.349. The average molecular weight is 417 g/mol. The molecular formula is C15H14BrFN2O4S. The molecule has 24 heavy (non-hydrogen) atoms. The van der Waals surface area contributed by atoms with Crippen molar-refractivity contribution in [3.05, 3.63) is 64.4 Å². The zero-order valence-corrected chi connectivity index (χ0v) is 14.6. The standard InChI is InChI=1S/C15H14BrFN2O4S/c16-11-3-7-13(8-4-11)24(22,23)19-14(9-15(20)18-21)10-1-5-12(17)6-2-10/h1-8,14,19,21H,9H2,(H,18,20). The van der Waals surface area contributed by atoms with Gasteiger partial charge in [0.05, 0.1) is 10.9 Å². The minimum absolute atomic E-state index is 0.0159. The number of hydrogen-bond acceptors (Lipinski definition) is 4. The van der Waals surface area contributed by atoms with Crippen LogP contribution in [0.5, 0.6) is 0 Å². The maximum absolute atomic E-state index is 13.1. The number of amides is 1. The molecule has 0 heterocycles. The van der Waals surface area contributed by atoms with Crippen LogP contribution in [-0.2, 0) is 14.8 Å². The van der Waals surface area contributed by atoms with Crippen molar-refractivity contribution in [2.24, 2.45) is 0 Å². The smallest absolute Gasteiger partial charge is 0.245 e. The lowest BCUT2D eigenvalue weighted by molar-refractivity contribution is -0.129. The highest BCUT2D eigenvalue weighted by atomic mass is 79.9. The quantitative estimate of drug-likeness (QED) is 0.497. The molecule has 0 bridgehead atoms. The molecule has 0 saturated heterocycles. The Bertz CT molecular complexity index is 810. The van der Waals surface area contributed by atoms with E-state index in [0.29, 0.717) is 5.56 Å². The summed E-state index contributed by atoms with van der Waals surface area (Å²) in [5, 5.41) is 8.68. The van der Waals surface area contributed by atoms with Crippen LogP contribution in [0.1, 0.15) is 18.0 Å². The van der Waals surface area contributed by atoms with Gasteiger partial charge in [-0.25, -0.2) is 23.0 Å². The summed E-state index contributed by atoms with van der Waals surface area (Å²) in [6.45, 7) is 0. The summed E-state index contributed by atoms with van der Waals surface area (Å²) in [5.41, 5.74) is 1.85. The second-order valence-electron chi connectivity index (χ2n) is 4.92. The van der Waals surface area contributed by atoms with Crippen LogP contribution in [0, 0.1) is 5.82 Å². The summed E-state index contributed by atoms with van der Waals surface area (Å²) in [6, 6.07) is 10.0. The largest absolute Gasteiger partial charge is 0.289 e. The predicted octanol–water partition coefficient (Wildman–Crippen LogP) is 2.50. The van der Waals surface area contributed by atoms with Crippen LogP contribution >= 0.6 is 15.9 Å². The van der Waals surface area contributed by atoms with Crippen molar-refractivity contribution in [2.45, 2.75) is 17.4 Å². The first-order chi connectivity index (χ1) is 11.3. The molecule has 1 atom stereocenters. The Labute approximate surface area is 146 Å². The van der Waals surface area contributed by atoms with Crippen LogP contribution in [0.4, 0.5) is 4.39 Å². The third-order valence-corrected chi connectivity index (χ3v) is 5.22. The van der Waals surface area contributed by atoms with Crippen LogP contribution in [0.25, 0.3) is 0 Å². The van der Waals surface area contributed by atoms with Gasteiger partial charge in [0, 0.05) is 10.9 Å². The van der Waals surface area contributed by atoms with Crippen molar-refractivity contribution in [3.63, 3.8) is 0 Å². The van der Waals surface area contributed by atoms with Gasteiger partial charge >= 0.3 is 0 Å². The second kappa shape index (κ2) is 7.84. The van der Waals surface area contributed by atoms with E-state index in [2.05, 4.69) is 20.7 Å². The van der Waals surface area contributed by atoms with E-state index >= 15 is 0 Å². The Balaban J connectivity index is 2.31. The number of sulfonamides is 1. The fourth-order valence-corrected chi connectivity index (χ4v) is 3.51. The molecular weight excluding hydrogens is 403 g/mol. The minimum atomic E-state index is -3.91. The van der Waals surface area contributed by atoms with Crippen molar-refractivity contribution in [3.8, 4) is 0 Å². The number of hydrogen-bond donors (Lipinski definition) is 3. The van der Waals surface area contributed by atoms with Gasteiger partial charge in [-0.05, 0) is 42.0 Å². The van der Waals surface area contributed by atoms with E-state index in [1.54, 1.807) is 12.1 Å². The first kappa shape index (κ1) is 18.5. The molecule has 0 spiro atoms. The van der Waals surface area contributed by atoms with Crippen LogP contribution in [0.15, 0.2) is 57.9 Å². The van der Waals surface area contributed by atoms with Crippen LogP contribution in [0.2, 0.25) is 0 Å². The normalized spacial score (nSPS) is 12.6. The SMILES string of the molecule is O=C(CC(NS(=O)(=O)c1ccc(Br)cc1)c1ccc(F)cc1)NO. The molecule has 0 saturated carbocycles. The molecule has 0 fully saturated rings. The van der Waals surface area contributed by atoms with E-state index in [4.69, 9.17) is 5.21 Å². The third kappa shape index (κ3) is 4.84. The van der Waals surface area contributed by atoms with Crippen molar-refractivity contribution < 1.29 is 22.8 Å². The van der Waals surface area contributed by atoms with Gasteiger partial charge in [-0.1, -0.05) is 28.1 Å². The van der Waals surface area contributed by atoms with E-state index < -0.39 is 27.8 Å². The van der Waals surface area contributed by atoms with E-state index in [0.717, 1.165) is 16.6 Å². The van der Waals surface area contributed by atoms with Crippen molar-refractivity contribution >= 4 is 31.9 Å². The fourth-order valence-electron chi connectivity index (χ4n) is 2.02. The highest BCUT2D eigenvalue weighted by Crippen LogP contribution is 2.22. The topological polar surface area (TPSA) is 95.5 Å². The molecule has 1 unspecified atom stereocenters. The summed E-state index contributed by atoms with van der Waals surface area (Å²) in [4.78, 5) is 11.5. The monoisotopic (exact) mass is 416 g/mol.